The van der Waals surface area contributed by atoms with E-state index in [2.05, 4.69) is 0 Å². The first-order chi connectivity index (χ1) is 8.54. The highest BCUT2D eigenvalue weighted by atomic mass is 16.6. The Labute approximate surface area is 108 Å². The number of hydrogen-bond acceptors (Lipinski definition) is 4. The molecule has 0 aromatic heterocycles. The van der Waals surface area contributed by atoms with Crippen molar-refractivity contribution < 1.29 is 14.3 Å². The maximum Gasteiger partial charge on any atom is 0.323 e. The highest BCUT2D eigenvalue weighted by molar-refractivity contribution is 5.75. The molecule has 0 saturated carbocycles. The molecule has 100 valence electrons. The Morgan fingerprint density at radius 3 is 2.39 bits per heavy atom. The van der Waals surface area contributed by atoms with Gasteiger partial charge in [0.25, 0.3) is 0 Å². The molecular weight excluding hydrogens is 230 g/mol. The lowest BCUT2D eigenvalue weighted by Crippen LogP contribution is -2.38. The molecule has 18 heavy (non-hydrogen) atoms. The number of esters is 1. The fourth-order valence-electron chi connectivity index (χ4n) is 1.56. The monoisotopic (exact) mass is 251 g/mol. The van der Waals surface area contributed by atoms with E-state index < -0.39 is 12.0 Å². The van der Waals surface area contributed by atoms with E-state index in [9.17, 15) is 4.79 Å². The highest BCUT2D eigenvalue weighted by Gasteiger charge is 2.22. The predicted molar refractivity (Wildman–Crippen MR) is 70.4 cm³/mol. The molecule has 0 radical (unpaired) electrons. The van der Waals surface area contributed by atoms with Crippen LogP contribution in [-0.2, 0) is 9.53 Å². The van der Waals surface area contributed by atoms with Crippen LogP contribution in [0.4, 0.5) is 0 Å². The number of rotatable bonds is 6. The van der Waals surface area contributed by atoms with Crippen molar-refractivity contribution in [1.29, 1.82) is 0 Å². The molecule has 0 aliphatic carbocycles. The van der Waals surface area contributed by atoms with E-state index in [4.69, 9.17) is 15.2 Å². The second-order valence-electron chi connectivity index (χ2n) is 4.31. The van der Waals surface area contributed by atoms with Crippen LogP contribution in [0.25, 0.3) is 0 Å². The van der Waals surface area contributed by atoms with Gasteiger partial charge in [0, 0.05) is 0 Å². The van der Waals surface area contributed by atoms with Crippen molar-refractivity contribution in [2.75, 3.05) is 0 Å². The van der Waals surface area contributed by atoms with E-state index in [1.807, 2.05) is 44.2 Å². The first-order valence-corrected chi connectivity index (χ1v) is 6.22. The first-order valence-electron chi connectivity index (χ1n) is 6.22. The summed E-state index contributed by atoms with van der Waals surface area (Å²) >= 11 is 0. The van der Waals surface area contributed by atoms with Gasteiger partial charge in [0.05, 0.1) is 0 Å². The zero-order valence-electron chi connectivity index (χ0n) is 11.1. The number of hydrogen-bond donors (Lipinski definition) is 1. The molecule has 1 rings (SSSR count). The summed E-state index contributed by atoms with van der Waals surface area (Å²) in [6.07, 6.45) is 0.190. The molecule has 0 spiro atoms. The molecule has 2 N–H and O–H groups in total. The molecule has 3 atom stereocenters. The minimum Gasteiger partial charge on any atom is -0.487 e. The van der Waals surface area contributed by atoms with E-state index in [1.54, 1.807) is 6.92 Å². The smallest absolute Gasteiger partial charge is 0.323 e. The number of carbonyl (C=O) groups excluding carboxylic acids is 1. The summed E-state index contributed by atoms with van der Waals surface area (Å²) in [5.41, 5.74) is 5.48. The standard InChI is InChI=1S/C14H21NO3/c1-4-13(18-14(16)10(2)15)11(3)17-12-8-6-5-7-9-12/h5-11,13H,4,15H2,1-3H3/t10-,11-,13+/m0/s1. The quantitative estimate of drug-likeness (QED) is 0.787. The molecule has 4 heteroatoms. The molecule has 0 aliphatic rings. The summed E-state index contributed by atoms with van der Waals surface area (Å²) in [4.78, 5) is 11.5. The summed E-state index contributed by atoms with van der Waals surface area (Å²) in [6.45, 7) is 5.44. The van der Waals surface area contributed by atoms with Crippen LogP contribution >= 0.6 is 0 Å². The lowest BCUT2D eigenvalue weighted by Gasteiger charge is -2.24. The fourth-order valence-corrected chi connectivity index (χ4v) is 1.56. The van der Waals surface area contributed by atoms with Crippen molar-refractivity contribution in [1.82, 2.24) is 0 Å². The SMILES string of the molecule is CC[C@@H](OC(=O)[C@H](C)N)[C@H](C)Oc1ccccc1. The molecule has 0 fully saturated rings. The highest BCUT2D eigenvalue weighted by Crippen LogP contribution is 2.15. The van der Waals surface area contributed by atoms with Gasteiger partial charge in [-0.05, 0) is 32.4 Å². The van der Waals surface area contributed by atoms with Crippen molar-refractivity contribution in [3.63, 3.8) is 0 Å². The minimum atomic E-state index is -0.608. The van der Waals surface area contributed by atoms with Crippen molar-refractivity contribution in [3.05, 3.63) is 30.3 Å². The van der Waals surface area contributed by atoms with Crippen molar-refractivity contribution in [2.24, 2.45) is 5.73 Å². The average molecular weight is 251 g/mol. The van der Waals surface area contributed by atoms with Gasteiger partial charge < -0.3 is 15.2 Å². The number of carbonyl (C=O) groups is 1. The molecule has 0 amide bonds. The van der Waals surface area contributed by atoms with Gasteiger partial charge in [-0.3, -0.25) is 4.79 Å². The second-order valence-corrected chi connectivity index (χ2v) is 4.31. The second kappa shape index (κ2) is 7.01. The maximum absolute atomic E-state index is 11.5. The Balaban J connectivity index is 2.57. The zero-order chi connectivity index (χ0) is 13.5. The average Bonchev–Trinajstić information content (AvgIpc) is 2.36. The maximum atomic E-state index is 11.5. The van der Waals surface area contributed by atoms with Crippen LogP contribution in [0.2, 0.25) is 0 Å². The zero-order valence-corrected chi connectivity index (χ0v) is 11.1. The molecule has 0 unspecified atom stereocenters. The molecule has 0 heterocycles. The Kier molecular flexibility index (Phi) is 5.65. The molecule has 1 aromatic carbocycles. The van der Waals surface area contributed by atoms with E-state index in [1.165, 1.54) is 0 Å². The molecule has 0 aliphatic heterocycles. The molecule has 1 aromatic rings. The number of para-hydroxylation sites is 1. The Morgan fingerprint density at radius 2 is 1.89 bits per heavy atom. The topological polar surface area (TPSA) is 61.5 Å². The van der Waals surface area contributed by atoms with Crippen molar-refractivity contribution in [2.45, 2.75) is 45.4 Å². The summed E-state index contributed by atoms with van der Waals surface area (Å²) in [5, 5.41) is 0. The third kappa shape index (κ3) is 4.37. The Morgan fingerprint density at radius 1 is 1.28 bits per heavy atom. The van der Waals surface area contributed by atoms with Crippen LogP contribution in [0.5, 0.6) is 5.75 Å². The van der Waals surface area contributed by atoms with Crippen molar-refractivity contribution >= 4 is 5.97 Å². The van der Waals surface area contributed by atoms with Crippen LogP contribution in [-0.4, -0.2) is 24.2 Å². The molecule has 0 saturated heterocycles. The Bertz CT molecular complexity index is 365. The Hall–Kier alpha value is -1.55. The van der Waals surface area contributed by atoms with E-state index in [0.717, 1.165) is 5.75 Å². The van der Waals surface area contributed by atoms with Gasteiger partial charge in [-0.1, -0.05) is 25.1 Å². The summed E-state index contributed by atoms with van der Waals surface area (Å²) in [6, 6.07) is 8.86. The first kappa shape index (κ1) is 14.5. The number of ether oxygens (including phenoxy) is 2. The summed E-state index contributed by atoms with van der Waals surface area (Å²) in [7, 11) is 0. The molecule has 4 nitrogen and oxygen atoms in total. The van der Waals surface area contributed by atoms with Gasteiger partial charge in [0.1, 0.15) is 24.0 Å². The van der Waals surface area contributed by atoms with Crippen LogP contribution in [0.1, 0.15) is 27.2 Å². The third-order valence-corrected chi connectivity index (χ3v) is 2.63. The largest absolute Gasteiger partial charge is 0.487 e. The fraction of sp³-hybridized carbons (Fsp3) is 0.500. The van der Waals surface area contributed by atoms with Gasteiger partial charge in [-0.25, -0.2) is 0 Å². The normalized spacial score (nSPS) is 15.6. The van der Waals surface area contributed by atoms with Gasteiger partial charge in [-0.2, -0.15) is 0 Å². The van der Waals surface area contributed by atoms with Gasteiger partial charge in [0.2, 0.25) is 0 Å². The van der Waals surface area contributed by atoms with Crippen molar-refractivity contribution in [3.8, 4) is 5.75 Å². The van der Waals surface area contributed by atoms with E-state index in [0.29, 0.717) is 6.42 Å². The predicted octanol–water partition coefficient (Wildman–Crippen LogP) is 2.12. The third-order valence-electron chi connectivity index (χ3n) is 2.63. The molecule has 0 bridgehead atoms. The van der Waals surface area contributed by atoms with Gasteiger partial charge >= 0.3 is 5.97 Å². The summed E-state index contributed by atoms with van der Waals surface area (Å²) < 4.78 is 11.0. The molecular formula is C14H21NO3. The lowest BCUT2D eigenvalue weighted by atomic mass is 10.1. The van der Waals surface area contributed by atoms with Crippen LogP contribution in [0.15, 0.2) is 30.3 Å². The van der Waals surface area contributed by atoms with Crippen LogP contribution < -0.4 is 10.5 Å². The summed E-state index contributed by atoms with van der Waals surface area (Å²) in [5.74, 6) is 0.366. The van der Waals surface area contributed by atoms with Crippen LogP contribution in [0.3, 0.4) is 0 Å². The number of nitrogens with two attached hydrogens (primary N) is 1. The van der Waals surface area contributed by atoms with Crippen LogP contribution in [0, 0.1) is 0 Å². The minimum absolute atomic E-state index is 0.208. The number of benzene rings is 1. The lowest BCUT2D eigenvalue weighted by molar-refractivity contribution is -0.154. The van der Waals surface area contributed by atoms with Gasteiger partial charge in [-0.15, -0.1) is 0 Å². The van der Waals surface area contributed by atoms with E-state index in [-0.39, 0.29) is 12.2 Å². The van der Waals surface area contributed by atoms with E-state index >= 15 is 0 Å². The van der Waals surface area contributed by atoms with Gasteiger partial charge in [0.15, 0.2) is 0 Å².